The van der Waals surface area contributed by atoms with Gasteiger partial charge in [-0.25, -0.2) is 0 Å². The first-order valence-electron chi connectivity index (χ1n) is 6.06. The summed E-state index contributed by atoms with van der Waals surface area (Å²) in [7, 11) is 0. The molecule has 0 bridgehead atoms. The van der Waals surface area contributed by atoms with Crippen molar-refractivity contribution in [2.45, 2.75) is 32.4 Å². The summed E-state index contributed by atoms with van der Waals surface area (Å²) in [6.45, 7) is 4.92. The molecular weight excluding hydrogens is 200 g/mol. The van der Waals surface area contributed by atoms with Gasteiger partial charge in [0.1, 0.15) is 0 Å². The number of aliphatic hydroxyl groups excluding tert-OH is 1. The van der Waals surface area contributed by atoms with Crippen LogP contribution in [0.15, 0.2) is 24.4 Å². The highest BCUT2D eigenvalue weighted by Crippen LogP contribution is 2.20. The van der Waals surface area contributed by atoms with Crippen molar-refractivity contribution < 1.29 is 5.11 Å². The number of rotatable bonds is 3. The highest BCUT2D eigenvalue weighted by molar-refractivity contribution is 5.03. The van der Waals surface area contributed by atoms with E-state index in [4.69, 9.17) is 0 Å². The highest BCUT2D eigenvalue weighted by atomic mass is 16.3. The summed E-state index contributed by atoms with van der Waals surface area (Å²) in [6, 6.07) is 6.03. The second-order valence-electron chi connectivity index (χ2n) is 4.70. The number of hydrogen-bond acceptors (Lipinski definition) is 3. The Kier molecular flexibility index (Phi) is 3.91. The molecule has 1 saturated heterocycles. The van der Waals surface area contributed by atoms with Crippen LogP contribution in [0.4, 0.5) is 0 Å². The van der Waals surface area contributed by atoms with E-state index in [9.17, 15) is 5.11 Å². The van der Waals surface area contributed by atoms with E-state index in [1.165, 1.54) is 6.42 Å². The van der Waals surface area contributed by atoms with Gasteiger partial charge in [-0.3, -0.25) is 9.88 Å². The molecule has 1 fully saturated rings. The number of hydrogen-bond donors (Lipinski definition) is 1. The molecule has 0 aromatic carbocycles. The number of piperidine rings is 1. The third kappa shape index (κ3) is 3.03. The summed E-state index contributed by atoms with van der Waals surface area (Å²) in [5.74, 6) is 0.428. The van der Waals surface area contributed by atoms with Gasteiger partial charge in [-0.05, 0) is 44.4 Å². The number of likely N-dealkylation sites (tertiary alicyclic amines) is 1. The molecule has 1 N–H and O–H groups in total. The van der Waals surface area contributed by atoms with Gasteiger partial charge < -0.3 is 5.11 Å². The summed E-state index contributed by atoms with van der Waals surface area (Å²) < 4.78 is 0. The molecule has 2 heterocycles. The lowest BCUT2D eigenvalue weighted by Crippen LogP contribution is -2.39. The summed E-state index contributed by atoms with van der Waals surface area (Å²) in [5, 5.41) is 9.62. The van der Waals surface area contributed by atoms with Crippen LogP contribution in [0.5, 0.6) is 0 Å². The normalized spacial score (nSPS) is 24.2. The van der Waals surface area contributed by atoms with Crippen LogP contribution in [0.1, 0.15) is 25.5 Å². The molecule has 2 rings (SSSR count). The van der Waals surface area contributed by atoms with E-state index >= 15 is 0 Å². The van der Waals surface area contributed by atoms with Gasteiger partial charge in [-0.2, -0.15) is 0 Å². The lowest BCUT2D eigenvalue weighted by molar-refractivity contribution is 0.0594. The van der Waals surface area contributed by atoms with E-state index in [1.54, 1.807) is 0 Å². The second kappa shape index (κ2) is 5.41. The molecule has 3 nitrogen and oxygen atoms in total. The zero-order valence-corrected chi connectivity index (χ0v) is 9.84. The fourth-order valence-corrected chi connectivity index (χ4v) is 2.35. The minimum Gasteiger partial charge on any atom is -0.393 e. The minimum atomic E-state index is -0.188. The van der Waals surface area contributed by atoms with Crippen molar-refractivity contribution in [3.63, 3.8) is 0 Å². The number of nitrogens with zero attached hydrogens (tertiary/aromatic N) is 2. The maximum atomic E-state index is 9.62. The van der Waals surface area contributed by atoms with Crippen LogP contribution in [-0.2, 0) is 6.54 Å². The smallest absolute Gasteiger partial charge is 0.0552 e. The van der Waals surface area contributed by atoms with Gasteiger partial charge in [-0.1, -0.05) is 6.07 Å². The predicted octanol–water partition coefficient (Wildman–Crippen LogP) is 1.67. The van der Waals surface area contributed by atoms with Gasteiger partial charge in [0.15, 0.2) is 0 Å². The molecule has 88 valence electrons. The van der Waals surface area contributed by atoms with E-state index in [0.717, 1.165) is 31.7 Å². The van der Waals surface area contributed by atoms with E-state index < -0.39 is 0 Å². The zero-order chi connectivity index (χ0) is 11.4. The lowest BCUT2D eigenvalue weighted by atomic mass is 9.93. The predicted molar refractivity (Wildman–Crippen MR) is 63.9 cm³/mol. The SMILES string of the molecule is C[C@@H](O)[C@H]1CCCN(Cc2ccccn2)C1. The van der Waals surface area contributed by atoms with E-state index in [1.807, 2.05) is 25.3 Å². The average Bonchev–Trinajstić information content (AvgIpc) is 2.30. The lowest BCUT2D eigenvalue weighted by Gasteiger charge is -2.33. The van der Waals surface area contributed by atoms with Crippen LogP contribution in [-0.4, -0.2) is 34.2 Å². The Hall–Kier alpha value is -0.930. The molecular formula is C13H20N2O. The van der Waals surface area contributed by atoms with Crippen molar-refractivity contribution in [2.24, 2.45) is 5.92 Å². The third-order valence-corrected chi connectivity index (χ3v) is 3.34. The number of aliphatic hydroxyl groups is 1. The molecule has 0 radical (unpaired) electrons. The van der Waals surface area contributed by atoms with Crippen LogP contribution < -0.4 is 0 Å². The maximum absolute atomic E-state index is 9.62. The van der Waals surface area contributed by atoms with E-state index in [0.29, 0.717) is 5.92 Å². The van der Waals surface area contributed by atoms with Gasteiger partial charge in [0.05, 0.1) is 11.8 Å². The van der Waals surface area contributed by atoms with Crippen molar-refractivity contribution in [2.75, 3.05) is 13.1 Å². The molecule has 16 heavy (non-hydrogen) atoms. The molecule has 2 atom stereocenters. The quantitative estimate of drug-likeness (QED) is 0.842. The van der Waals surface area contributed by atoms with Crippen LogP contribution in [0, 0.1) is 5.92 Å². The first kappa shape index (κ1) is 11.6. The molecule has 0 spiro atoms. The molecule has 1 aliphatic heterocycles. The topological polar surface area (TPSA) is 36.4 Å². The summed E-state index contributed by atoms with van der Waals surface area (Å²) >= 11 is 0. The van der Waals surface area contributed by atoms with Gasteiger partial charge >= 0.3 is 0 Å². The van der Waals surface area contributed by atoms with E-state index in [2.05, 4.69) is 16.0 Å². The molecule has 0 unspecified atom stereocenters. The second-order valence-corrected chi connectivity index (χ2v) is 4.70. The fourth-order valence-electron chi connectivity index (χ4n) is 2.35. The van der Waals surface area contributed by atoms with Crippen LogP contribution in [0.25, 0.3) is 0 Å². The van der Waals surface area contributed by atoms with Crippen molar-refractivity contribution in [1.82, 2.24) is 9.88 Å². The standard InChI is InChI=1S/C13H20N2O/c1-11(16)12-5-4-8-15(9-12)10-13-6-2-3-7-14-13/h2-3,6-7,11-12,16H,4-5,8-10H2,1H3/t11-,12+/m1/s1. The molecule has 0 amide bonds. The van der Waals surface area contributed by atoms with Gasteiger partial charge in [0.2, 0.25) is 0 Å². The fraction of sp³-hybridized carbons (Fsp3) is 0.615. The number of aromatic nitrogens is 1. The van der Waals surface area contributed by atoms with Gasteiger partial charge in [-0.15, -0.1) is 0 Å². The summed E-state index contributed by atoms with van der Waals surface area (Å²) in [4.78, 5) is 6.73. The number of pyridine rings is 1. The highest BCUT2D eigenvalue weighted by Gasteiger charge is 2.23. The van der Waals surface area contributed by atoms with Crippen molar-refractivity contribution >= 4 is 0 Å². The zero-order valence-electron chi connectivity index (χ0n) is 9.84. The molecule has 1 aromatic rings. The monoisotopic (exact) mass is 220 g/mol. The molecule has 0 aliphatic carbocycles. The molecule has 3 heteroatoms. The Labute approximate surface area is 97.1 Å². The van der Waals surface area contributed by atoms with Crippen molar-refractivity contribution in [3.05, 3.63) is 30.1 Å². The van der Waals surface area contributed by atoms with Crippen molar-refractivity contribution in [3.8, 4) is 0 Å². The Morgan fingerprint density at radius 3 is 3.12 bits per heavy atom. The Morgan fingerprint density at radius 2 is 2.44 bits per heavy atom. The third-order valence-electron chi connectivity index (χ3n) is 3.34. The van der Waals surface area contributed by atoms with Crippen LogP contribution in [0.3, 0.4) is 0 Å². The van der Waals surface area contributed by atoms with Gasteiger partial charge in [0.25, 0.3) is 0 Å². The maximum Gasteiger partial charge on any atom is 0.0552 e. The largest absolute Gasteiger partial charge is 0.393 e. The minimum absolute atomic E-state index is 0.188. The average molecular weight is 220 g/mol. The first-order chi connectivity index (χ1) is 7.75. The van der Waals surface area contributed by atoms with E-state index in [-0.39, 0.29) is 6.10 Å². The van der Waals surface area contributed by atoms with Crippen LogP contribution in [0.2, 0.25) is 0 Å². The Balaban J connectivity index is 1.90. The molecule has 0 saturated carbocycles. The summed E-state index contributed by atoms with van der Waals surface area (Å²) in [5.41, 5.74) is 1.12. The molecule has 1 aromatic heterocycles. The Bertz CT molecular complexity index is 313. The summed E-state index contributed by atoms with van der Waals surface area (Å²) in [6.07, 6.45) is 3.98. The van der Waals surface area contributed by atoms with Crippen molar-refractivity contribution in [1.29, 1.82) is 0 Å². The first-order valence-corrected chi connectivity index (χ1v) is 6.06. The van der Waals surface area contributed by atoms with Gasteiger partial charge in [0, 0.05) is 19.3 Å². The van der Waals surface area contributed by atoms with Crippen LogP contribution >= 0.6 is 0 Å². The molecule has 1 aliphatic rings. The Morgan fingerprint density at radius 1 is 1.56 bits per heavy atom.